The molecule has 1 aromatic carbocycles. The second kappa shape index (κ2) is 6.06. The molecule has 0 radical (unpaired) electrons. The molecule has 0 amide bonds. The van der Waals surface area contributed by atoms with Crippen LogP contribution in [-0.4, -0.2) is 31.8 Å². The quantitative estimate of drug-likeness (QED) is 0.845. The molecular formula is C15H21NO3. The molecule has 2 unspecified atom stereocenters. The average molecular weight is 263 g/mol. The van der Waals surface area contributed by atoms with Gasteiger partial charge < -0.3 is 14.8 Å². The molecular weight excluding hydrogens is 242 g/mol. The van der Waals surface area contributed by atoms with E-state index in [0.717, 1.165) is 5.75 Å². The van der Waals surface area contributed by atoms with Gasteiger partial charge in [-0.25, -0.2) is 0 Å². The number of carbonyl (C=O) groups is 1. The van der Waals surface area contributed by atoms with Gasteiger partial charge in [0.05, 0.1) is 7.11 Å². The fourth-order valence-electron chi connectivity index (χ4n) is 2.25. The number of esters is 1. The Bertz CT molecular complexity index is 445. The van der Waals surface area contributed by atoms with E-state index in [9.17, 15) is 4.79 Å². The minimum Gasteiger partial charge on any atom is -0.489 e. The van der Waals surface area contributed by atoms with Crippen LogP contribution in [0.3, 0.4) is 0 Å². The Kier molecular flexibility index (Phi) is 4.43. The van der Waals surface area contributed by atoms with Gasteiger partial charge in [-0.1, -0.05) is 26.0 Å². The summed E-state index contributed by atoms with van der Waals surface area (Å²) in [6.45, 7) is 4.98. The molecule has 1 fully saturated rings. The molecule has 2 rings (SSSR count). The first-order chi connectivity index (χ1) is 9.10. The van der Waals surface area contributed by atoms with Crippen LogP contribution < -0.4 is 10.1 Å². The summed E-state index contributed by atoms with van der Waals surface area (Å²) >= 11 is 0. The van der Waals surface area contributed by atoms with E-state index in [-0.39, 0.29) is 18.1 Å². The maximum atomic E-state index is 11.4. The topological polar surface area (TPSA) is 47.6 Å². The molecule has 0 spiro atoms. The van der Waals surface area contributed by atoms with E-state index in [1.165, 1.54) is 12.7 Å². The van der Waals surface area contributed by atoms with Gasteiger partial charge in [0.1, 0.15) is 17.9 Å². The van der Waals surface area contributed by atoms with Crippen LogP contribution in [0, 0.1) is 0 Å². The van der Waals surface area contributed by atoms with Gasteiger partial charge in [0.15, 0.2) is 0 Å². The second-order valence-electron chi connectivity index (χ2n) is 5.19. The summed E-state index contributed by atoms with van der Waals surface area (Å²) in [7, 11) is 1.41. The van der Waals surface area contributed by atoms with Crippen LogP contribution in [0.4, 0.5) is 0 Å². The molecule has 104 valence electrons. The molecule has 0 saturated carbocycles. The van der Waals surface area contributed by atoms with Gasteiger partial charge in [-0.15, -0.1) is 0 Å². The van der Waals surface area contributed by atoms with Crippen LogP contribution in [-0.2, 0) is 9.53 Å². The van der Waals surface area contributed by atoms with E-state index in [0.29, 0.717) is 18.9 Å². The van der Waals surface area contributed by atoms with Gasteiger partial charge in [-0.3, -0.25) is 4.79 Å². The molecule has 1 N–H and O–H groups in total. The van der Waals surface area contributed by atoms with Crippen molar-refractivity contribution in [1.82, 2.24) is 5.32 Å². The van der Waals surface area contributed by atoms with Gasteiger partial charge in [0.2, 0.25) is 0 Å². The van der Waals surface area contributed by atoms with E-state index >= 15 is 0 Å². The Morgan fingerprint density at radius 3 is 2.89 bits per heavy atom. The Balaban J connectivity index is 1.95. The first-order valence-electron chi connectivity index (χ1n) is 6.68. The summed E-state index contributed by atoms with van der Waals surface area (Å²) in [5.74, 6) is 1.12. The predicted molar refractivity (Wildman–Crippen MR) is 73.4 cm³/mol. The third kappa shape index (κ3) is 3.47. The highest BCUT2D eigenvalue weighted by Crippen LogP contribution is 2.23. The van der Waals surface area contributed by atoms with Crippen molar-refractivity contribution < 1.29 is 14.3 Å². The highest BCUT2D eigenvalue weighted by molar-refractivity contribution is 5.76. The number of rotatable bonds is 4. The molecule has 4 nitrogen and oxygen atoms in total. The van der Waals surface area contributed by atoms with Crippen molar-refractivity contribution in [3.63, 3.8) is 0 Å². The normalized spacial score (nSPS) is 22.5. The van der Waals surface area contributed by atoms with Crippen LogP contribution in [0.25, 0.3) is 0 Å². The van der Waals surface area contributed by atoms with Crippen molar-refractivity contribution in [3.05, 3.63) is 29.8 Å². The van der Waals surface area contributed by atoms with Crippen molar-refractivity contribution >= 4 is 5.97 Å². The number of carbonyl (C=O) groups excluding carboxylic acids is 1. The monoisotopic (exact) mass is 263 g/mol. The molecule has 0 aliphatic carbocycles. The maximum absolute atomic E-state index is 11.4. The number of nitrogens with one attached hydrogen (secondary N) is 1. The lowest BCUT2D eigenvalue weighted by Gasteiger charge is -2.14. The Morgan fingerprint density at radius 2 is 2.21 bits per heavy atom. The molecule has 1 aliphatic heterocycles. The van der Waals surface area contributed by atoms with Gasteiger partial charge in [-0.05, 0) is 23.6 Å². The Hall–Kier alpha value is -1.55. The average Bonchev–Trinajstić information content (AvgIpc) is 2.86. The minimum atomic E-state index is -0.247. The summed E-state index contributed by atoms with van der Waals surface area (Å²) in [5, 5.41) is 3.12. The summed E-state index contributed by atoms with van der Waals surface area (Å²) in [6, 6.07) is 7.88. The zero-order valence-electron chi connectivity index (χ0n) is 11.7. The zero-order chi connectivity index (χ0) is 13.8. The first-order valence-corrected chi connectivity index (χ1v) is 6.68. The predicted octanol–water partition coefficient (Wildman–Crippen LogP) is 2.09. The number of hydrogen-bond donors (Lipinski definition) is 1. The number of ether oxygens (including phenoxy) is 2. The van der Waals surface area contributed by atoms with E-state index in [2.05, 4.69) is 31.3 Å². The van der Waals surface area contributed by atoms with Crippen molar-refractivity contribution in [2.45, 2.75) is 38.3 Å². The molecule has 4 heteroatoms. The number of hydrogen-bond acceptors (Lipinski definition) is 4. The Morgan fingerprint density at radius 1 is 1.42 bits per heavy atom. The highest BCUT2D eigenvalue weighted by Gasteiger charge is 2.31. The van der Waals surface area contributed by atoms with E-state index in [4.69, 9.17) is 9.47 Å². The lowest BCUT2D eigenvalue weighted by molar-refractivity contribution is -0.142. The largest absolute Gasteiger partial charge is 0.489 e. The van der Waals surface area contributed by atoms with Crippen molar-refractivity contribution in [2.24, 2.45) is 0 Å². The van der Waals surface area contributed by atoms with Gasteiger partial charge in [0, 0.05) is 13.0 Å². The lowest BCUT2D eigenvalue weighted by Crippen LogP contribution is -2.31. The molecule has 1 heterocycles. The fraction of sp³-hybridized carbons (Fsp3) is 0.533. The summed E-state index contributed by atoms with van der Waals surface area (Å²) in [4.78, 5) is 11.4. The first kappa shape index (κ1) is 13.9. The molecule has 1 aromatic rings. The smallest absolute Gasteiger partial charge is 0.323 e. The number of methoxy groups -OCH3 is 1. The molecule has 2 atom stereocenters. The summed E-state index contributed by atoms with van der Waals surface area (Å²) < 4.78 is 10.6. The van der Waals surface area contributed by atoms with Crippen LogP contribution >= 0.6 is 0 Å². The van der Waals surface area contributed by atoms with Gasteiger partial charge in [0.25, 0.3) is 0 Å². The fourth-order valence-corrected chi connectivity index (χ4v) is 2.25. The lowest BCUT2D eigenvalue weighted by atomic mass is 10.0. The van der Waals surface area contributed by atoms with E-state index in [1.807, 2.05) is 12.1 Å². The van der Waals surface area contributed by atoms with E-state index in [1.54, 1.807) is 0 Å². The van der Waals surface area contributed by atoms with Crippen LogP contribution in [0.5, 0.6) is 5.75 Å². The summed E-state index contributed by atoms with van der Waals surface area (Å²) in [5.41, 5.74) is 1.26. The second-order valence-corrected chi connectivity index (χ2v) is 5.19. The molecule has 19 heavy (non-hydrogen) atoms. The SMILES string of the molecule is COC(=O)C1CC(Oc2cccc(C(C)C)c2)CN1. The third-order valence-corrected chi connectivity index (χ3v) is 3.40. The number of benzene rings is 1. The van der Waals surface area contributed by atoms with Crippen LogP contribution in [0.15, 0.2) is 24.3 Å². The molecule has 0 bridgehead atoms. The molecule has 1 aliphatic rings. The molecule has 0 aromatic heterocycles. The highest BCUT2D eigenvalue weighted by atomic mass is 16.5. The van der Waals surface area contributed by atoms with Gasteiger partial charge in [-0.2, -0.15) is 0 Å². The maximum Gasteiger partial charge on any atom is 0.323 e. The Labute approximate surface area is 114 Å². The van der Waals surface area contributed by atoms with Crippen molar-refractivity contribution in [1.29, 1.82) is 0 Å². The van der Waals surface area contributed by atoms with Crippen molar-refractivity contribution in [2.75, 3.05) is 13.7 Å². The van der Waals surface area contributed by atoms with E-state index < -0.39 is 0 Å². The van der Waals surface area contributed by atoms with Crippen molar-refractivity contribution in [3.8, 4) is 5.75 Å². The molecule has 1 saturated heterocycles. The third-order valence-electron chi connectivity index (χ3n) is 3.40. The standard InChI is InChI=1S/C15H21NO3/c1-10(2)11-5-4-6-12(7-11)19-13-8-14(16-9-13)15(17)18-3/h4-7,10,13-14,16H,8-9H2,1-3H3. The summed E-state index contributed by atoms with van der Waals surface area (Å²) in [6.07, 6.45) is 0.671. The zero-order valence-corrected chi connectivity index (χ0v) is 11.7. The van der Waals surface area contributed by atoms with Crippen LogP contribution in [0.2, 0.25) is 0 Å². The van der Waals surface area contributed by atoms with Crippen LogP contribution in [0.1, 0.15) is 31.7 Å². The van der Waals surface area contributed by atoms with Gasteiger partial charge >= 0.3 is 5.97 Å². The minimum absolute atomic E-state index is 0.0199.